The minimum Gasteiger partial charge on any atom is -0.316 e. The van der Waals surface area contributed by atoms with E-state index >= 15 is 0 Å². The van der Waals surface area contributed by atoms with E-state index in [0.29, 0.717) is 11.5 Å². The molecule has 1 N–H and O–H groups in total. The van der Waals surface area contributed by atoms with Crippen LogP contribution < -0.4 is 5.32 Å². The number of piperidine rings is 1. The molecule has 92 valence electrons. The van der Waals surface area contributed by atoms with Gasteiger partial charge in [-0.2, -0.15) is 0 Å². The molecule has 1 aromatic carbocycles. The SMILES string of the molecule is CN1CC2(CCCNC2)C1c1ccc(F)cc1. The van der Waals surface area contributed by atoms with Crippen LogP contribution in [-0.4, -0.2) is 31.6 Å². The van der Waals surface area contributed by atoms with E-state index in [1.54, 1.807) is 12.1 Å². The number of likely N-dealkylation sites (tertiary alicyclic amines) is 1. The van der Waals surface area contributed by atoms with E-state index in [-0.39, 0.29) is 5.82 Å². The first kappa shape index (κ1) is 11.2. The molecule has 2 aliphatic rings. The normalized spacial score (nSPS) is 33.6. The summed E-state index contributed by atoms with van der Waals surface area (Å²) in [7, 11) is 2.16. The Bertz CT molecular complexity index is 390. The maximum Gasteiger partial charge on any atom is 0.123 e. The largest absolute Gasteiger partial charge is 0.316 e. The van der Waals surface area contributed by atoms with Crippen molar-refractivity contribution in [3.05, 3.63) is 35.6 Å². The number of benzene rings is 1. The number of rotatable bonds is 1. The summed E-state index contributed by atoms with van der Waals surface area (Å²) in [6.07, 6.45) is 2.54. The second kappa shape index (κ2) is 4.07. The maximum atomic E-state index is 13.0. The summed E-state index contributed by atoms with van der Waals surface area (Å²) < 4.78 is 13.0. The maximum absolute atomic E-state index is 13.0. The number of nitrogens with one attached hydrogen (secondary N) is 1. The van der Waals surface area contributed by atoms with Crippen molar-refractivity contribution in [3.8, 4) is 0 Å². The summed E-state index contributed by atoms with van der Waals surface area (Å²) in [5.41, 5.74) is 1.63. The van der Waals surface area contributed by atoms with Gasteiger partial charge in [-0.25, -0.2) is 4.39 Å². The van der Waals surface area contributed by atoms with Gasteiger partial charge < -0.3 is 5.32 Å². The van der Waals surface area contributed by atoms with E-state index in [1.165, 1.54) is 18.4 Å². The van der Waals surface area contributed by atoms with E-state index in [9.17, 15) is 4.39 Å². The summed E-state index contributed by atoms with van der Waals surface area (Å²) in [5.74, 6) is -0.147. The van der Waals surface area contributed by atoms with E-state index in [2.05, 4.69) is 17.3 Å². The van der Waals surface area contributed by atoms with Gasteiger partial charge >= 0.3 is 0 Å². The highest BCUT2D eigenvalue weighted by molar-refractivity contribution is 5.26. The molecule has 0 aliphatic carbocycles. The molecule has 2 saturated heterocycles. The summed E-state index contributed by atoms with van der Waals surface area (Å²) in [6, 6.07) is 7.48. The number of nitrogens with zero attached hydrogens (tertiary/aromatic N) is 1. The van der Waals surface area contributed by atoms with Gasteiger partial charge in [-0.15, -0.1) is 0 Å². The van der Waals surface area contributed by atoms with Gasteiger partial charge in [0.05, 0.1) is 0 Å². The fourth-order valence-corrected chi connectivity index (χ4v) is 3.64. The van der Waals surface area contributed by atoms with Crippen molar-refractivity contribution in [2.45, 2.75) is 18.9 Å². The predicted octanol–water partition coefficient (Wildman–Crippen LogP) is 2.18. The highest BCUT2D eigenvalue weighted by Gasteiger charge is 2.51. The van der Waals surface area contributed by atoms with E-state index in [1.807, 2.05) is 12.1 Å². The van der Waals surface area contributed by atoms with E-state index < -0.39 is 0 Å². The molecule has 2 atom stereocenters. The quantitative estimate of drug-likeness (QED) is 0.801. The Kier molecular flexibility index (Phi) is 2.68. The molecular weight excluding hydrogens is 215 g/mol. The molecule has 17 heavy (non-hydrogen) atoms. The average Bonchev–Trinajstić information content (AvgIpc) is 2.33. The molecule has 0 saturated carbocycles. The lowest BCUT2D eigenvalue weighted by Crippen LogP contribution is -2.62. The molecule has 2 fully saturated rings. The first-order valence-corrected chi connectivity index (χ1v) is 6.38. The second-order valence-electron chi connectivity index (χ2n) is 5.51. The van der Waals surface area contributed by atoms with Crippen LogP contribution in [0.2, 0.25) is 0 Å². The van der Waals surface area contributed by atoms with Crippen LogP contribution in [0.4, 0.5) is 4.39 Å². The smallest absolute Gasteiger partial charge is 0.123 e. The molecule has 2 unspecified atom stereocenters. The Balaban J connectivity index is 1.87. The number of hydrogen-bond donors (Lipinski definition) is 1. The van der Waals surface area contributed by atoms with Gasteiger partial charge in [0.1, 0.15) is 5.82 Å². The molecule has 2 nitrogen and oxygen atoms in total. The highest BCUT2D eigenvalue weighted by Crippen LogP contribution is 2.51. The lowest BCUT2D eigenvalue weighted by molar-refractivity contribution is -0.0741. The zero-order valence-corrected chi connectivity index (χ0v) is 10.2. The Morgan fingerprint density at radius 3 is 2.71 bits per heavy atom. The summed E-state index contributed by atoms with van der Waals surface area (Å²) in [4.78, 5) is 2.38. The van der Waals surface area contributed by atoms with Crippen molar-refractivity contribution in [3.63, 3.8) is 0 Å². The number of hydrogen-bond acceptors (Lipinski definition) is 2. The third kappa shape index (κ3) is 1.78. The molecule has 0 amide bonds. The van der Waals surface area contributed by atoms with Crippen LogP contribution in [0.3, 0.4) is 0 Å². The van der Waals surface area contributed by atoms with Crippen LogP contribution in [0, 0.1) is 11.2 Å². The van der Waals surface area contributed by atoms with Gasteiger partial charge in [-0.3, -0.25) is 4.90 Å². The van der Waals surface area contributed by atoms with Crippen LogP contribution in [0.15, 0.2) is 24.3 Å². The first-order chi connectivity index (χ1) is 8.21. The predicted molar refractivity (Wildman–Crippen MR) is 66.3 cm³/mol. The molecule has 0 radical (unpaired) electrons. The van der Waals surface area contributed by atoms with Gasteiger partial charge in [0.15, 0.2) is 0 Å². The molecule has 0 aromatic heterocycles. The summed E-state index contributed by atoms with van der Waals surface area (Å²) in [5, 5.41) is 3.51. The van der Waals surface area contributed by atoms with Crippen molar-refractivity contribution in [1.29, 1.82) is 0 Å². The molecule has 3 heteroatoms. The standard InChI is InChI=1S/C14H19FN2/c1-17-10-14(7-2-8-16-9-14)13(17)11-3-5-12(15)6-4-11/h3-6,13,16H,2,7-10H2,1H3. The minimum absolute atomic E-state index is 0.147. The van der Waals surface area contributed by atoms with Crippen LogP contribution in [-0.2, 0) is 0 Å². The van der Waals surface area contributed by atoms with Crippen LogP contribution in [0.25, 0.3) is 0 Å². The van der Waals surface area contributed by atoms with E-state index in [4.69, 9.17) is 0 Å². The third-order valence-corrected chi connectivity index (χ3v) is 4.28. The van der Waals surface area contributed by atoms with Crippen LogP contribution >= 0.6 is 0 Å². The summed E-state index contributed by atoms with van der Waals surface area (Å²) in [6.45, 7) is 3.39. The van der Waals surface area contributed by atoms with Crippen LogP contribution in [0.1, 0.15) is 24.4 Å². The van der Waals surface area contributed by atoms with Gasteiger partial charge in [0.2, 0.25) is 0 Å². The molecule has 0 bridgehead atoms. The minimum atomic E-state index is -0.147. The molecule has 3 rings (SSSR count). The van der Waals surface area contributed by atoms with Crippen molar-refractivity contribution in [2.75, 3.05) is 26.7 Å². The Morgan fingerprint density at radius 2 is 2.12 bits per heavy atom. The van der Waals surface area contributed by atoms with Gasteiger partial charge in [0.25, 0.3) is 0 Å². The van der Waals surface area contributed by atoms with Crippen molar-refractivity contribution >= 4 is 0 Å². The summed E-state index contributed by atoms with van der Waals surface area (Å²) >= 11 is 0. The zero-order valence-electron chi connectivity index (χ0n) is 10.2. The molecular formula is C14H19FN2. The molecule has 1 spiro atoms. The zero-order chi connectivity index (χ0) is 11.9. The Hall–Kier alpha value is -0.930. The van der Waals surface area contributed by atoms with E-state index in [0.717, 1.165) is 19.6 Å². The van der Waals surface area contributed by atoms with Crippen molar-refractivity contribution in [1.82, 2.24) is 10.2 Å². The van der Waals surface area contributed by atoms with Crippen molar-refractivity contribution < 1.29 is 4.39 Å². The van der Waals surface area contributed by atoms with Gasteiger partial charge in [0, 0.05) is 24.5 Å². The highest BCUT2D eigenvalue weighted by atomic mass is 19.1. The monoisotopic (exact) mass is 234 g/mol. The Morgan fingerprint density at radius 1 is 1.35 bits per heavy atom. The van der Waals surface area contributed by atoms with Crippen molar-refractivity contribution in [2.24, 2.45) is 5.41 Å². The molecule has 2 aliphatic heterocycles. The van der Waals surface area contributed by atoms with Gasteiger partial charge in [-0.1, -0.05) is 12.1 Å². The topological polar surface area (TPSA) is 15.3 Å². The fraction of sp³-hybridized carbons (Fsp3) is 0.571. The average molecular weight is 234 g/mol. The molecule has 1 aromatic rings. The molecule has 2 heterocycles. The lowest BCUT2D eigenvalue weighted by Gasteiger charge is -2.58. The first-order valence-electron chi connectivity index (χ1n) is 6.38. The van der Waals surface area contributed by atoms with Gasteiger partial charge in [-0.05, 0) is 44.1 Å². The second-order valence-corrected chi connectivity index (χ2v) is 5.51. The third-order valence-electron chi connectivity index (χ3n) is 4.28. The van der Waals surface area contributed by atoms with Crippen LogP contribution in [0.5, 0.6) is 0 Å². The fourth-order valence-electron chi connectivity index (χ4n) is 3.64. The lowest BCUT2D eigenvalue weighted by atomic mass is 9.65. The Labute approximate surface area is 102 Å². The number of halogens is 1.